The predicted molar refractivity (Wildman–Crippen MR) is 74.1 cm³/mol. The van der Waals surface area contributed by atoms with E-state index in [2.05, 4.69) is 10.0 Å². The minimum atomic E-state index is -3.40. The Hall–Kier alpha value is -0.210. The largest absolute Gasteiger partial charge is 0.373 e. The fourth-order valence-corrected chi connectivity index (χ4v) is 4.32. The fourth-order valence-electron chi connectivity index (χ4n) is 2.73. The highest BCUT2D eigenvalue weighted by molar-refractivity contribution is 7.87. The number of nitrogens with zero attached hydrogens (tertiary/aromatic N) is 1. The van der Waals surface area contributed by atoms with Gasteiger partial charge in [-0.05, 0) is 33.2 Å². The molecular formula is C12H25N3O3S. The van der Waals surface area contributed by atoms with E-state index in [-0.39, 0.29) is 18.2 Å². The standard InChI is InChI=1S/C12H25N3O3S/c1-10-8-15(9-11(2)18-10)19(16,17)14-12-5-3-4-6-13-7-12/h10-14H,3-9H2,1-2H3. The third-order valence-corrected chi connectivity index (χ3v) is 5.20. The lowest BCUT2D eigenvalue weighted by molar-refractivity contribution is -0.0444. The van der Waals surface area contributed by atoms with Crippen molar-refractivity contribution in [2.24, 2.45) is 0 Å². The topological polar surface area (TPSA) is 70.7 Å². The highest BCUT2D eigenvalue weighted by Gasteiger charge is 2.32. The normalized spacial score (nSPS) is 34.9. The first-order chi connectivity index (χ1) is 8.97. The summed E-state index contributed by atoms with van der Waals surface area (Å²) in [7, 11) is -3.40. The van der Waals surface area contributed by atoms with Crippen molar-refractivity contribution in [3.63, 3.8) is 0 Å². The summed E-state index contributed by atoms with van der Waals surface area (Å²) >= 11 is 0. The van der Waals surface area contributed by atoms with Crippen molar-refractivity contribution in [2.45, 2.75) is 51.4 Å². The van der Waals surface area contributed by atoms with Gasteiger partial charge in [0, 0.05) is 25.7 Å². The van der Waals surface area contributed by atoms with Crippen LogP contribution in [0.5, 0.6) is 0 Å². The van der Waals surface area contributed by atoms with Crippen LogP contribution < -0.4 is 10.0 Å². The molecule has 0 spiro atoms. The van der Waals surface area contributed by atoms with Crippen LogP contribution in [-0.4, -0.2) is 57.2 Å². The molecule has 0 aromatic heterocycles. The van der Waals surface area contributed by atoms with Gasteiger partial charge in [0.05, 0.1) is 12.2 Å². The van der Waals surface area contributed by atoms with Crippen LogP contribution >= 0.6 is 0 Å². The molecule has 2 saturated heterocycles. The average Bonchev–Trinajstić information content (AvgIpc) is 2.55. The molecule has 0 radical (unpaired) electrons. The summed E-state index contributed by atoms with van der Waals surface area (Å²) < 4.78 is 34.7. The van der Waals surface area contributed by atoms with Crippen molar-refractivity contribution >= 4 is 10.2 Å². The third kappa shape index (κ3) is 4.39. The van der Waals surface area contributed by atoms with E-state index in [4.69, 9.17) is 4.74 Å². The highest BCUT2D eigenvalue weighted by atomic mass is 32.2. The van der Waals surface area contributed by atoms with Crippen LogP contribution in [0.25, 0.3) is 0 Å². The molecule has 19 heavy (non-hydrogen) atoms. The lowest BCUT2D eigenvalue weighted by atomic mass is 10.2. The van der Waals surface area contributed by atoms with Crippen LogP contribution in [0.15, 0.2) is 0 Å². The molecule has 2 aliphatic heterocycles. The maximum Gasteiger partial charge on any atom is 0.279 e. The summed E-state index contributed by atoms with van der Waals surface area (Å²) in [5.41, 5.74) is 0. The Balaban J connectivity index is 1.96. The van der Waals surface area contributed by atoms with Crippen molar-refractivity contribution in [1.82, 2.24) is 14.3 Å². The molecule has 2 N–H and O–H groups in total. The van der Waals surface area contributed by atoms with E-state index in [9.17, 15) is 8.42 Å². The van der Waals surface area contributed by atoms with Gasteiger partial charge >= 0.3 is 0 Å². The van der Waals surface area contributed by atoms with Gasteiger partial charge in [-0.15, -0.1) is 0 Å². The Morgan fingerprint density at radius 2 is 1.89 bits per heavy atom. The predicted octanol–water partition coefficient (Wildman–Crippen LogP) is 0.0721. The summed E-state index contributed by atoms with van der Waals surface area (Å²) in [4.78, 5) is 0. The van der Waals surface area contributed by atoms with Crippen molar-refractivity contribution in [1.29, 1.82) is 0 Å². The van der Waals surface area contributed by atoms with Crippen LogP contribution in [0.4, 0.5) is 0 Å². The molecule has 0 aliphatic carbocycles. The molecule has 0 bridgehead atoms. The Kier molecular flexibility index (Phi) is 5.19. The molecule has 2 rings (SSSR count). The lowest BCUT2D eigenvalue weighted by Crippen LogP contribution is -2.54. The smallest absolute Gasteiger partial charge is 0.279 e. The molecule has 7 heteroatoms. The monoisotopic (exact) mass is 291 g/mol. The van der Waals surface area contributed by atoms with Gasteiger partial charge in [0.25, 0.3) is 10.2 Å². The molecule has 0 aromatic carbocycles. The van der Waals surface area contributed by atoms with Crippen molar-refractivity contribution in [3.05, 3.63) is 0 Å². The first-order valence-electron chi connectivity index (χ1n) is 7.11. The van der Waals surface area contributed by atoms with Gasteiger partial charge < -0.3 is 10.1 Å². The van der Waals surface area contributed by atoms with Crippen molar-refractivity contribution < 1.29 is 13.2 Å². The molecule has 3 unspecified atom stereocenters. The van der Waals surface area contributed by atoms with E-state index < -0.39 is 10.2 Å². The molecule has 0 amide bonds. The minimum Gasteiger partial charge on any atom is -0.373 e. The molecule has 2 fully saturated rings. The first-order valence-corrected chi connectivity index (χ1v) is 8.55. The van der Waals surface area contributed by atoms with Gasteiger partial charge in [-0.2, -0.15) is 17.4 Å². The van der Waals surface area contributed by atoms with E-state index in [0.717, 1.165) is 25.8 Å². The van der Waals surface area contributed by atoms with Crippen LogP contribution in [-0.2, 0) is 14.9 Å². The van der Waals surface area contributed by atoms with Crippen molar-refractivity contribution in [2.75, 3.05) is 26.2 Å². The Morgan fingerprint density at radius 3 is 2.58 bits per heavy atom. The molecule has 0 saturated carbocycles. The second kappa shape index (κ2) is 6.49. The summed E-state index contributed by atoms with van der Waals surface area (Å²) in [5, 5.41) is 3.27. The van der Waals surface area contributed by atoms with E-state index in [1.807, 2.05) is 13.8 Å². The summed E-state index contributed by atoms with van der Waals surface area (Å²) in [6.07, 6.45) is 2.99. The zero-order valence-electron chi connectivity index (χ0n) is 11.8. The van der Waals surface area contributed by atoms with Crippen LogP contribution in [0.1, 0.15) is 33.1 Å². The van der Waals surface area contributed by atoms with Gasteiger partial charge in [-0.3, -0.25) is 0 Å². The summed E-state index contributed by atoms with van der Waals surface area (Å²) in [6, 6.07) is 0.000886. The minimum absolute atomic E-state index is 0.000886. The van der Waals surface area contributed by atoms with Crippen molar-refractivity contribution in [3.8, 4) is 0 Å². The van der Waals surface area contributed by atoms with E-state index in [1.54, 1.807) is 0 Å². The molecular weight excluding hydrogens is 266 g/mol. The number of hydrogen-bond donors (Lipinski definition) is 2. The van der Waals surface area contributed by atoms with Gasteiger partial charge in [-0.25, -0.2) is 0 Å². The molecule has 2 heterocycles. The first kappa shape index (κ1) is 15.2. The van der Waals surface area contributed by atoms with Crippen LogP contribution in [0.3, 0.4) is 0 Å². The Labute approximate surface area is 116 Å². The zero-order valence-corrected chi connectivity index (χ0v) is 12.6. The highest BCUT2D eigenvalue weighted by Crippen LogP contribution is 2.15. The number of hydrogen-bond acceptors (Lipinski definition) is 4. The molecule has 3 atom stereocenters. The van der Waals surface area contributed by atoms with Crippen LogP contribution in [0, 0.1) is 0 Å². The number of nitrogens with one attached hydrogen (secondary N) is 2. The summed E-state index contributed by atoms with van der Waals surface area (Å²) in [5.74, 6) is 0. The van der Waals surface area contributed by atoms with Gasteiger partial charge in [0.15, 0.2) is 0 Å². The number of ether oxygens (including phenoxy) is 1. The summed E-state index contributed by atoms with van der Waals surface area (Å²) in [6.45, 7) is 6.37. The molecule has 112 valence electrons. The second-order valence-corrected chi connectivity index (χ2v) is 7.30. The van der Waals surface area contributed by atoms with Crippen LogP contribution in [0.2, 0.25) is 0 Å². The van der Waals surface area contributed by atoms with E-state index in [0.29, 0.717) is 19.6 Å². The molecule has 0 aromatic rings. The van der Waals surface area contributed by atoms with E-state index in [1.165, 1.54) is 4.31 Å². The molecule has 6 nitrogen and oxygen atoms in total. The second-order valence-electron chi connectivity index (χ2n) is 5.59. The maximum atomic E-state index is 12.4. The average molecular weight is 291 g/mol. The lowest BCUT2D eigenvalue weighted by Gasteiger charge is -2.35. The van der Waals surface area contributed by atoms with Gasteiger partial charge in [-0.1, -0.05) is 6.42 Å². The Bertz CT molecular complexity index is 370. The third-order valence-electron chi connectivity index (χ3n) is 3.59. The van der Waals surface area contributed by atoms with Gasteiger partial charge in [0.1, 0.15) is 0 Å². The van der Waals surface area contributed by atoms with Gasteiger partial charge in [0.2, 0.25) is 0 Å². The SMILES string of the molecule is CC1CN(S(=O)(=O)NC2CCCCNC2)CC(C)O1. The maximum absolute atomic E-state index is 12.4. The number of morpholine rings is 1. The van der Waals surface area contributed by atoms with E-state index >= 15 is 0 Å². The zero-order chi connectivity index (χ0) is 13.9. The fraction of sp³-hybridized carbons (Fsp3) is 1.00. The quantitative estimate of drug-likeness (QED) is 0.772. The Morgan fingerprint density at radius 1 is 1.21 bits per heavy atom. The number of rotatable bonds is 3. The molecule has 2 aliphatic rings.